The Bertz CT molecular complexity index is 2010. The number of alkyl carbamates (subject to hydrolysis) is 1. The predicted octanol–water partition coefficient (Wildman–Crippen LogP) is 8.27. The number of hydrogen-bond donors (Lipinski definition) is 1. The summed E-state index contributed by atoms with van der Waals surface area (Å²) in [5.74, 6) is -4.77. The summed E-state index contributed by atoms with van der Waals surface area (Å²) in [6.07, 6.45) is -5.71. The molecular formula is C38H41F4N5O7S. The van der Waals surface area contributed by atoms with Gasteiger partial charge in [0.2, 0.25) is 11.8 Å². The number of anilines is 1. The number of nitrogens with zero attached hydrogens (tertiary/aromatic N) is 4. The molecule has 4 aromatic rings. The number of piperidine rings is 1. The van der Waals surface area contributed by atoms with Crippen molar-refractivity contribution in [3.05, 3.63) is 89.8 Å². The van der Waals surface area contributed by atoms with Crippen LogP contribution in [0.3, 0.4) is 0 Å². The lowest BCUT2D eigenvalue weighted by atomic mass is 9.95. The zero-order chi connectivity index (χ0) is 39.5. The summed E-state index contributed by atoms with van der Waals surface area (Å²) in [6.45, 7) is 4.63. The number of carbonyl (C=O) groups excluding carboxylic acids is 3. The maximum Gasteiger partial charge on any atom is 0.410 e. The second-order valence-electron chi connectivity index (χ2n) is 14.3. The highest BCUT2D eigenvalue weighted by Gasteiger charge is 2.45. The summed E-state index contributed by atoms with van der Waals surface area (Å²) in [6, 6.07) is 18.7. The molecule has 12 nitrogen and oxygen atoms in total. The Kier molecular flexibility index (Phi) is 11.3. The molecule has 3 aromatic carbocycles. The van der Waals surface area contributed by atoms with Crippen molar-refractivity contribution < 1.29 is 52.0 Å². The van der Waals surface area contributed by atoms with Gasteiger partial charge >= 0.3 is 18.3 Å². The molecule has 1 aromatic heterocycles. The second-order valence-corrected chi connectivity index (χ2v) is 15.4. The molecule has 2 aliphatic rings. The molecule has 294 valence electrons. The number of aromatic nitrogens is 2. The number of thioether (sulfide) groups is 1. The summed E-state index contributed by atoms with van der Waals surface area (Å²) in [5.41, 5.74) is 1.23. The monoisotopic (exact) mass is 787 g/mol. The highest BCUT2D eigenvalue weighted by Crippen LogP contribution is 2.40. The number of halogens is 4. The van der Waals surface area contributed by atoms with E-state index >= 15 is 0 Å². The summed E-state index contributed by atoms with van der Waals surface area (Å²) in [5, 5.41) is 10.9. The van der Waals surface area contributed by atoms with Crippen LogP contribution in [0.5, 0.6) is 5.75 Å². The maximum absolute atomic E-state index is 15.0. The van der Waals surface area contributed by atoms with Crippen LogP contribution in [-0.2, 0) is 27.4 Å². The van der Waals surface area contributed by atoms with Crippen LogP contribution in [0.1, 0.15) is 58.5 Å². The van der Waals surface area contributed by atoms with E-state index in [1.165, 1.54) is 40.9 Å². The van der Waals surface area contributed by atoms with Crippen LogP contribution >= 0.6 is 11.8 Å². The molecule has 3 heterocycles. The fourth-order valence-electron chi connectivity index (χ4n) is 6.03. The van der Waals surface area contributed by atoms with E-state index < -0.39 is 60.7 Å². The summed E-state index contributed by atoms with van der Waals surface area (Å²) in [7, 11) is 0. The van der Waals surface area contributed by atoms with Gasteiger partial charge in [-0.15, -0.1) is 22.0 Å². The molecule has 0 aliphatic carbocycles. The molecule has 0 saturated carbocycles. The second kappa shape index (κ2) is 15.8. The van der Waals surface area contributed by atoms with Crippen LogP contribution in [0.15, 0.2) is 82.1 Å². The van der Waals surface area contributed by atoms with Gasteiger partial charge in [0.1, 0.15) is 24.0 Å². The number of fused-ring (bicyclic) bond motifs is 1. The lowest BCUT2D eigenvalue weighted by Gasteiger charge is -2.35. The molecule has 2 atom stereocenters. The maximum atomic E-state index is 15.0. The smallest absolute Gasteiger partial charge is 0.410 e. The Morgan fingerprint density at radius 1 is 1.02 bits per heavy atom. The van der Waals surface area contributed by atoms with Crippen LogP contribution < -0.4 is 15.0 Å². The van der Waals surface area contributed by atoms with E-state index in [0.717, 1.165) is 4.90 Å². The molecule has 0 spiro atoms. The largest absolute Gasteiger partial charge is 0.445 e. The Labute approximate surface area is 320 Å². The van der Waals surface area contributed by atoms with Crippen molar-refractivity contribution in [2.45, 2.75) is 81.8 Å². The third-order valence-corrected chi connectivity index (χ3v) is 9.54. The molecule has 55 heavy (non-hydrogen) atoms. The molecule has 1 saturated heterocycles. The fourth-order valence-corrected chi connectivity index (χ4v) is 7.09. The van der Waals surface area contributed by atoms with E-state index in [-0.39, 0.29) is 44.4 Å². The van der Waals surface area contributed by atoms with Gasteiger partial charge in [0.05, 0.1) is 24.7 Å². The molecule has 0 bridgehead atoms. The molecule has 17 heteroatoms. The van der Waals surface area contributed by atoms with Crippen molar-refractivity contribution >= 4 is 35.5 Å². The molecule has 3 amide bonds. The Balaban J connectivity index is 0.00000600. The van der Waals surface area contributed by atoms with Crippen molar-refractivity contribution in [2.24, 2.45) is 0 Å². The Hall–Kier alpha value is -5.32. The number of amides is 3. The van der Waals surface area contributed by atoms with Gasteiger partial charge in [-0.3, -0.25) is 4.79 Å². The number of benzene rings is 3. The van der Waals surface area contributed by atoms with Crippen molar-refractivity contribution in [2.75, 3.05) is 23.7 Å². The van der Waals surface area contributed by atoms with Crippen molar-refractivity contribution in [1.29, 1.82) is 0 Å². The van der Waals surface area contributed by atoms with Gasteiger partial charge in [0.15, 0.2) is 0 Å². The Morgan fingerprint density at radius 2 is 1.75 bits per heavy atom. The first-order chi connectivity index (χ1) is 25.9. The van der Waals surface area contributed by atoms with E-state index in [1.54, 1.807) is 69.3 Å². The van der Waals surface area contributed by atoms with Gasteiger partial charge < -0.3 is 33.7 Å². The van der Waals surface area contributed by atoms with Crippen LogP contribution in [0, 0.1) is 0 Å². The lowest BCUT2D eigenvalue weighted by Crippen LogP contribution is -2.50. The van der Waals surface area contributed by atoms with Crippen LogP contribution in [0.25, 0.3) is 11.5 Å². The first-order valence-corrected chi connectivity index (χ1v) is 18.3. The van der Waals surface area contributed by atoms with Gasteiger partial charge in [-0.2, -0.15) is 8.78 Å². The quantitative estimate of drug-likeness (QED) is 0.165. The number of hydrogen-bond acceptors (Lipinski definition) is 10. The van der Waals surface area contributed by atoms with Gasteiger partial charge in [0.25, 0.3) is 11.8 Å². The minimum Gasteiger partial charge on any atom is -0.445 e. The fraction of sp³-hybridized carbons (Fsp3) is 0.395. The number of likely N-dealkylation sites (tertiary alicyclic amines) is 1. The molecule has 1 fully saturated rings. The van der Waals surface area contributed by atoms with E-state index in [1.807, 2.05) is 0 Å². The number of nitrogens with one attached hydrogen (secondary N) is 1. The first kappa shape index (κ1) is 39.4. The zero-order valence-corrected chi connectivity index (χ0v) is 31.2. The molecule has 1 unspecified atom stereocenters. The van der Waals surface area contributed by atoms with E-state index in [0.29, 0.717) is 34.2 Å². The minimum absolute atomic E-state index is 0. The zero-order valence-electron chi connectivity index (χ0n) is 30.4. The van der Waals surface area contributed by atoms with E-state index in [2.05, 4.69) is 20.3 Å². The average Bonchev–Trinajstić information content (AvgIpc) is 3.57. The normalized spacial score (nSPS) is 18.6. The number of rotatable bonds is 9. The van der Waals surface area contributed by atoms with Crippen LogP contribution in [-0.4, -0.2) is 75.7 Å². The highest BCUT2D eigenvalue weighted by atomic mass is 32.2. The van der Waals surface area contributed by atoms with Gasteiger partial charge in [-0.1, -0.05) is 42.5 Å². The number of carbonyl (C=O) groups is 3. The molecule has 1 N–H and O–H groups in total. The highest BCUT2D eigenvalue weighted by molar-refractivity contribution is 7.99. The number of alkyl halides is 4. The summed E-state index contributed by atoms with van der Waals surface area (Å²) >= 11 is 1.31. The van der Waals surface area contributed by atoms with Crippen molar-refractivity contribution in [1.82, 2.24) is 20.4 Å². The predicted molar refractivity (Wildman–Crippen MR) is 195 cm³/mol. The van der Waals surface area contributed by atoms with Crippen molar-refractivity contribution in [3.8, 4) is 17.2 Å². The van der Waals surface area contributed by atoms with E-state index in [9.17, 15) is 31.9 Å². The topological polar surface area (TPSA) is 136 Å². The van der Waals surface area contributed by atoms with Crippen LogP contribution in [0.4, 0.5) is 32.8 Å². The lowest BCUT2D eigenvalue weighted by molar-refractivity contribution is -0.159. The Morgan fingerprint density at radius 3 is 2.44 bits per heavy atom. The molecular weight excluding hydrogens is 747 g/mol. The molecule has 0 radical (unpaired) electrons. The standard InChI is InChI=1S/C38H39F4N5O7S.H2/c1-36(2,3)54-34(49)43-28-21-55-30-15-12-25(16-29(30)47(33(28)48)18-23-10-13-27(14-11-23)53-37(4,39)40)31-44-45-32(52-31)26-17-38(41,42)22-46(19-26)35(50)51-20-24-8-6-5-7-9-24;/h5-16,26,28H,17-22H2,1-4H3,(H,43,49);1H/t26?,28-;/m0./s1. The van der Waals surface area contributed by atoms with Gasteiger partial charge in [-0.05, 0) is 62.2 Å². The summed E-state index contributed by atoms with van der Waals surface area (Å²) in [4.78, 5) is 42.8. The average molecular weight is 788 g/mol. The third kappa shape index (κ3) is 10.5. The SMILES string of the molecule is CC(C)(C)OC(=O)N[C@H]1CSc2ccc(-c3nnc(C4CN(C(=O)OCc5ccccc5)CC(F)(F)C4)o3)cc2N(Cc2ccc(OC(C)(F)F)cc2)C1=O.[HH]. The van der Waals surface area contributed by atoms with Crippen LogP contribution in [0.2, 0.25) is 0 Å². The minimum atomic E-state index is -3.39. The van der Waals surface area contributed by atoms with Gasteiger partial charge in [-0.25, -0.2) is 18.4 Å². The summed E-state index contributed by atoms with van der Waals surface area (Å²) < 4.78 is 78.1. The molecule has 6 rings (SSSR count). The number of ether oxygens (including phenoxy) is 3. The first-order valence-electron chi connectivity index (χ1n) is 17.3. The van der Waals surface area contributed by atoms with Crippen molar-refractivity contribution in [3.63, 3.8) is 0 Å². The van der Waals surface area contributed by atoms with E-state index in [4.69, 9.17) is 13.9 Å². The third-order valence-electron chi connectivity index (χ3n) is 8.38. The van der Waals surface area contributed by atoms with Gasteiger partial charge in [0, 0.05) is 37.5 Å². The molecule has 2 aliphatic heterocycles.